The van der Waals surface area contributed by atoms with E-state index in [1.165, 1.54) is 0 Å². The predicted octanol–water partition coefficient (Wildman–Crippen LogP) is 0.0389. The molecule has 0 fully saturated rings. The second kappa shape index (κ2) is 4.76. The molecule has 1 amide bonds. The zero-order valence-corrected chi connectivity index (χ0v) is 8.53. The molecule has 0 spiro atoms. The molecule has 1 rings (SSSR count). The molecule has 5 heteroatoms. The molecule has 78 valence electrons. The minimum absolute atomic E-state index is 0.335. The van der Waals surface area contributed by atoms with Gasteiger partial charge in [-0.2, -0.15) is 0 Å². The minimum Gasteiger partial charge on any atom is -0.368 e. The van der Waals surface area contributed by atoms with Crippen LogP contribution in [0.1, 0.15) is 25.6 Å². The number of nitrogens with two attached hydrogens (primary N) is 1. The fraction of sp³-hybridized carbons (Fsp3) is 0.556. The Hall–Kier alpha value is -1.36. The Labute approximate surface area is 83.3 Å². The maximum absolute atomic E-state index is 10.9. The zero-order valence-electron chi connectivity index (χ0n) is 8.53. The highest BCUT2D eigenvalue weighted by atomic mass is 16.1. The average Bonchev–Trinajstić information content (AvgIpc) is 2.61. The molecule has 1 unspecified atom stereocenters. The molecule has 0 saturated carbocycles. The van der Waals surface area contributed by atoms with Crippen molar-refractivity contribution in [2.45, 2.75) is 26.4 Å². The topological polar surface area (TPSA) is 72.9 Å². The van der Waals surface area contributed by atoms with E-state index in [-0.39, 0.29) is 11.9 Å². The monoisotopic (exact) mass is 196 g/mol. The highest BCUT2D eigenvalue weighted by Gasteiger charge is 2.10. The molecule has 0 aliphatic carbocycles. The van der Waals surface area contributed by atoms with Crippen molar-refractivity contribution in [2.24, 2.45) is 5.73 Å². The van der Waals surface area contributed by atoms with Crippen LogP contribution >= 0.6 is 0 Å². The summed E-state index contributed by atoms with van der Waals surface area (Å²) in [6, 6.07) is -0.335. The summed E-state index contributed by atoms with van der Waals surface area (Å²) >= 11 is 0. The maximum Gasteiger partial charge on any atom is 0.240 e. The second-order valence-corrected chi connectivity index (χ2v) is 3.17. The number of primary amides is 1. The second-order valence-electron chi connectivity index (χ2n) is 3.17. The quantitative estimate of drug-likeness (QED) is 0.698. The van der Waals surface area contributed by atoms with E-state index in [4.69, 9.17) is 5.73 Å². The van der Waals surface area contributed by atoms with Crippen molar-refractivity contribution in [3.05, 3.63) is 18.2 Å². The smallest absolute Gasteiger partial charge is 0.240 e. The van der Waals surface area contributed by atoms with Crippen LogP contribution in [0.15, 0.2) is 12.5 Å². The summed E-state index contributed by atoms with van der Waals surface area (Å²) in [4.78, 5) is 15.0. The summed E-state index contributed by atoms with van der Waals surface area (Å²) in [5.41, 5.74) is 6.09. The summed E-state index contributed by atoms with van der Waals surface area (Å²) < 4.78 is 1.72. The van der Waals surface area contributed by atoms with Gasteiger partial charge < -0.3 is 15.6 Å². The first-order valence-corrected chi connectivity index (χ1v) is 4.67. The van der Waals surface area contributed by atoms with Crippen LogP contribution in [-0.2, 0) is 11.3 Å². The fourth-order valence-electron chi connectivity index (χ4n) is 1.08. The normalized spacial score (nSPS) is 12.7. The number of amides is 1. The first kappa shape index (κ1) is 10.7. The van der Waals surface area contributed by atoms with Gasteiger partial charge in [0.2, 0.25) is 5.91 Å². The van der Waals surface area contributed by atoms with E-state index < -0.39 is 0 Å². The van der Waals surface area contributed by atoms with Crippen LogP contribution in [0.5, 0.6) is 0 Å². The van der Waals surface area contributed by atoms with E-state index in [0.717, 1.165) is 18.8 Å². The average molecular weight is 196 g/mol. The van der Waals surface area contributed by atoms with Gasteiger partial charge in [-0.25, -0.2) is 4.98 Å². The highest BCUT2D eigenvalue weighted by Crippen LogP contribution is 2.05. The number of hydrogen-bond acceptors (Lipinski definition) is 3. The zero-order chi connectivity index (χ0) is 10.6. The van der Waals surface area contributed by atoms with E-state index in [0.29, 0.717) is 0 Å². The van der Waals surface area contributed by atoms with Crippen molar-refractivity contribution < 1.29 is 4.79 Å². The molecule has 0 radical (unpaired) electrons. The van der Waals surface area contributed by atoms with Crippen LogP contribution in [0.25, 0.3) is 0 Å². The number of nitrogens with one attached hydrogen (secondary N) is 1. The van der Waals surface area contributed by atoms with Gasteiger partial charge in [0.05, 0.1) is 12.0 Å². The van der Waals surface area contributed by atoms with Crippen LogP contribution < -0.4 is 11.1 Å². The van der Waals surface area contributed by atoms with Gasteiger partial charge in [-0.05, 0) is 13.5 Å². The van der Waals surface area contributed by atoms with Crippen molar-refractivity contribution in [3.8, 4) is 0 Å². The Morgan fingerprint density at radius 3 is 3.07 bits per heavy atom. The predicted molar refractivity (Wildman–Crippen MR) is 53.5 cm³/mol. The van der Waals surface area contributed by atoms with Crippen LogP contribution in [0.4, 0.5) is 0 Å². The summed E-state index contributed by atoms with van der Waals surface area (Å²) in [6.45, 7) is 5.40. The molecule has 0 bridgehead atoms. The van der Waals surface area contributed by atoms with Gasteiger partial charge in [-0.15, -0.1) is 0 Å². The number of carbonyl (C=O) groups excluding carboxylic acids is 1. The largest absolute Gasteiger partial charge is 0.368 e. The van der Waals surface area contributed by atoms with Crippen molar-refractivity contribution in [3.63, 3.8) is 0 Å². The Balaban J connectivity index is 2.63. The molecule has 0 aliphatic rings. The maximum atomic E-state index is 10.9. The van der Waals surface area contributed by atoms with Gasteiger partial charge >= 0.3 is 0 Å². The lowest BCUT2D eigenvalue weighted by Gasteiger charge is -2.07. The Morgan fingerprint density at radius 1 is 1.79 bits per heavy atom. The van der Waals surface area contributed by atoms with Gasteiger partial charge in [0.15, 0.2) is 0 Å². The number of hydrogen-bond donors (Lipinski definition) is 2. The molecule has 1 aromatic heterocycles. The number of imidazole rings is 1. The molecule has 0 aliphatic heterocycles. The molecule has 5 nitrogen and oxygen atoms in total. The van der Waals surface area contributed by atoms with E-state index in [1.54, 1.807) is 17.8 Å². The first-order chi connectivity index (χ1) is 6.65. The van der Waals surface area contributed by atoms with E-state index in [9.17, 15) is 4.79 Å². The molecular weight excluding hydrogens is 180 g/mol. The molecular formula is C9H16N4O. The number of nitrogens with zero attached hydrogens (tertiary/aromatic N) is 2. The molecule has 3 N–H and O–H groups in total. The Kier molecular flexibility index (Phi) is 3.64. The van der Waals surface area contributed by atoms with Gasteiger partial charge in [-0.1, -0.05) is 6.92 Å². The van der Waals surface area contributed by atoms with Crippen LogP contribution in [0, 0.1) is 0 Å². The lowest BCUT2D eigenvalue weighted by molar-refractivity contribution is -0.120. The number of rotatable bonds is 5. The molecule has 1 atom stereocenters. The van der Waals surface area contributed by atoms with Crippen molar-refractivity contribution in [2.75, 3.05) is 6.54 Å². The lowest BCUT2D eigenvalue weighted by Crippen LogP contribution is -2.23. The molecule has 1 heterocycles. The Bertz CT molecular complexity index is 308. The number of aromatic nitrogens is 2. The number of carbonyl (C=O) groups is 1. The van der Waals surface area contributed by atoms with E-state index in [1.807, 2.05) is 13.1 Å². The third-order valence-corrected chi connectivity index (χ3v) is 2.07. The van der Waals surface area contributed by atoms with Crippen molar-refractivity contribution in [1.82, 2.24) is 14.9 Å². The van der Waals surface area contributed by atoms with E-state index >= 15 is 0 Å². The van der Waals surface area contributed by atoms with Gasteiger partial charge in [0.1, 0.15) is 6.04 Å². The lowest BCUT2D eigenvalue weighted by atomic mass is 10.3. The summed E-state index contributed by atoms with van der Waals surface area (Å²) in [7, 11) is 0. The molecule has 14 heavy (non-hydrogen) atoms. The molecule has 1 aromatic rings. The van der Waals surface area contributed by atoms with E-state index in [2.05, 4.69) is 10.3 Å². The van der Waals surface area contributed by atoms with Crippen LogP contribution in [0.2, 0.25) is 0 Å². The Morgan fingerprint density at radius 2 is 2.50 bits per heavy atom. The first-order valence-electron chi connectivity index (χ1n) is 4.67. The van der Waals surface area contributed by atoms with Gasteiger partial charge in [0.25, 0.3) is 0 Å². The van der Waals surface area contributed by atoms with Gasteiger partial charge in [-0.3, -0.25) is 4.79 Å². The highest BCUT2D eigenvalue weighted by molar-refractivity contribution is 5.77. The standard InChI is InChI=1S/C9H16N4O/c1-3-11-4-8-5-13(6-12-8)7(2)9(10)14/h5-7,11H,3-4H2,1-2H3,(H2,10,14). The minimum atomic E-state index is -0.350. The van der Waals surface area contributed by atoms with Crippen molar-refractivity contribution in [1.29, 1.82) is 0 Å². The van der Waals surface area contributed by atoms with Crippen LogP contribution in [-0.4, -0.2) is 22.0 Å². The van der Waals surface area contributed by atoms with Crippen LogP contribution in [0.3, 0.4) is 0 Å². The summed E-state index contributed by atoms with van der Waals surface area (Å²) in [5.74, 6) is -0.350. The van der Waals surface area contributed by atoms with Crippen molar-refractivity contribution >= 4 is 5.91 Å². The van der Waals surface area contributed by atoms with Gasteiger partial charge in [0, 0.05) is 12.7 Å². The summed E-state index contributed by atoms with van der Waals surface area (Å²) in [5, 5.41) is 3.15. The molecule has 0 saturated heterocycles. The third-order valence-electron chi connectivity index (χ3n) is 2.07. The summed E-state index contributed by atoms with van der Waals surface area (Å²) in [6.07, 6.45) is 3.46. The SMILES string of the molecule is CCNCc1cn(C(C)C(N)=O)cn1. The molecule has 0 aromatic carbocycles. The third kappa shape index (κ3) is 2.56. The fourth-order valence-corrected chi connectivity index (χ4v) is 1.08.